The third-order valence-corrected chi connectivity index (χ3v) is 2.99. The van der Waals surface area contributed by atoms with Crippen LogP contribution < -0.4 is 10.8 Å². The van der Waals surface area contributed by atoms with Crippen molar-refractivity contribution in [3.05, 3.63) is 0 Å². The van der Waals surface area contributed by atoms with Crippen LogP contribution in [-0.2, 0) is 19.1 Å². The van der Waals surface area contributed by atoms with E-state index in [1.165, 1.54) is 0 Å². The maximum Gasteiger partial charge on any atom is 0.293 e. The summed E-state index contributed by atoms with van der Waals surface area (Å²) in [7, 11) is 0. The number of rotatable bonds is 7. The van der Waals surface area contributed by atoms with Crippen LogP contribution in [0.1, 0.15) is 19.3 Å². The van der Waals surface area contributed by atoms with E-state index in [1.807, 2.05) is 0 Å². The standard InChI is InChI=1S/C6H13NO5.C6H10O4/c7-3-5(10)4(9)2(1-8)12-6(3)11;7-5-10-4-2-1-3-6(8)9/h2-6,8-11H,1,7H2;5H,1-4H2,(H,8,9). The molecular formula is C12H23NO9. The molecule has 1 saturated heterocycles. The van der Waals surface area contributed by atoms with Gasteiger partial charge in [0.05, 0.1) is 13.2 Å². The Morgan fingerprint density at radius 1 is 1.27 bits per heavy atom. The minimum absolute atomic E-state index is 0.0300. The molecule has 130 valence electrons. The number of ether oxygens (including phenoxy) is 2. The number of unbranched alkanes of at least 4 members (excludes halogenated alkanes) is 1. The second kappa shape index (κ2) is 11.3. The quantitative estimate of drug-likeness (QED) is 0.226. The van der Waals surface area contributed by atoms with Gasteiger partial charge in [0.2, 0.25) is 6.29 Å². The van der Waals surface area contributed by atoms with Crippen molar-refractivity contribution in [2.45, 2.75) is 49.9 Å². The summed E-state index contributed by atoms with van der Waals surface area (Å²) >= 11 is 0. The summed E-state index contributed by atoms with van der Waals surface area (Å²) < 4.78 is 9.08. The Morgan fingerprint density at radius 3 is 2.41 bits per heavy atom. The smallest absolute Gasteiger partial charge is 0.293 e. The highest BCUT2D eigenvalue weighted by molar-refractivity contribution is 5.64. The molecule has 5 unspecified atom stereocenters. The van der Waals surface area contributed by atoms with Gasteiger partial charge in [-0.3, -0.25) is 4.79 Å². The first-order valence-corrected chi connectivity index (χ1v) is 6.73. The molecule has 22 heavy (non-hydrogen) atoms. The van der Waals surface area contributed by atoms with Crippen LogP contribution in [0.3, 0.4) is 0 Å². The van der Waals surface area contributed by atoms with E-state index in [9.17, 15) is 24.9 Å². The second-order valence-electron chi connectivity index (χ2n) is 4.69. The van der Waals surface area contributed by atoms with E-state index in [2.05, 4.69) is 10.5 Å². The molecule has 0 spiro atoms. The first-order valence-electron chi connectivity index (χ1n) is 6.73. The van der Waals surface area contributed by atoms with E-state index in [0.29, 0.717) is 19.3 Å². The van der Waals surface area contributed by atoms with Gasteiger partial charge in [0.25, 0.3) is 6.47 Å². The summed E-state index contributed by atoms with van der Waals surface area (Å²) in [5.74, 6) is -1.06. The van der Waals surface area contributed by atoms with Gasteiger partial charge >= 0.3 is 0 Å². The lowest BCUT2D eigenvalue weighted by Gasteiger charge is -2.36. The molecule has 10 nitrogen and oxygen atoms in total. The van der Waals surface area contributed by atoms with Crippen LogP contribution in [0.4, 0.5) is 0 Å². The first kappa shape index (κ1) is 20.7. The minimum Gasteiger partial charge on any atom is -0.550 e. The average molecular weight is 325 g/mol. The van der Waals surface area contributed by atoms with Crippen LogP contribution in [0.15, 0.2) is 0 Å². The zero-order valence-electron chi connectivity index (χ0n) is 12.0. The highest BCUT2D eigenvalue weighted by atomic mass is 16.6. The van der Waals surface area contributed by atoms with E-state index >= 15 is 0 Å². The van der Waals surface area contributed by atoms with Gasteiger partial charge in [-0.15, -0.1) is 0 Å². The van der Waals surface area contributed by atoms with Gasteiger partial charge in [-0.2, -0.15) is 0 Å². The Labute approximate surface area is 127 Å². The molecule has 0 saturated carbocycles. The number of hydrogen-bond donors (Lipinski definition) is 5. The van der Waals surface area contributed by atoms with Crippen molar-refractivity contribution in [3.8, 4) is 0 Å². The monoisotopic (exact) mass is 325 g/mol. The Bertz CT molecular complexity index is 323. The zero-order chi connectivity index (χ0) is 17.1. The topological polar surface area (TPSA) is 184 Å². The van der Waals surface area contributed by atoms with Crippen molar-refractivity contribution in [2.24, 2.45) is 0 Å². The summed E-state index contributed by atoms with van der Waals surface area (Å²) in [6.45, 7) is 0.192. The van der Waals surface area contributed by atoms with Crippen molar-refractivity contribution in [3.63, 3.8) is 0 Å². The predicted octanol–water partition coefficient (Wildman–Crippen LogP) is -4.89. The SMILES string of the molecule is O=COCCCCC(=O)[O-].[NH3+]C1C(O)OC(CO)C(O)C1O. The first-order chi connectivity index (χ1) is 10.3. The third kappa shape index (κ3) is 7.64. The largest absolute Gasteiger partial charge is 0.550 e. The normalized spacial score (nSPS) is 30.9. The summed E-state index contributed by atoms with van der Waals surface area (Å²) in [5.41, 5.74) is 3.41. The Hall–Kier alpha value is -1.30. The number of carboxylic acids is 1. The van der Waals surface area contributed by atoms with Crippen LogP contribution in [-0.4, -0.2) is 76.7 Å². The fourth-order valence-electron chi connectivity index (χ4n) is 1.66. The number of hydrogen-bond acceptors (Lipinski definition) is 9. The van der Waals surface area contributed by atoms with Gasteiger partial charge in [-0.1, -0.05) is 0 Å². The van der Waals surface area contributed by atoms with E-state index in [-0.39, 0.29) is 13.0 Å². The molecule has 0 aromatic rings. The fourth-order valence-corrected chi connectivity index (χ4v) is 1.66. The van der Waals surface area contributed by atoms with Crippen LogP contribution in [0, 0.1) is 0 Å². The van der Waals surface area contributed by atoms with Gasteiger partial charge in [-0.25, -0.2) is 0 Å². The van der Waals surface area contributed by atoms with E-state index < -0.39 is 43.2 Å². The summed E-state index contributed by atoms with van der Waals surface area (Å²) in [6.07, 6.45) is -3.43. The fraction of sp³-hybridized carbons (Fsp3) is 0.833. The molecule has 0 bridgehead atoms. The number of aliphatic carboxylic acids is 1. The van der Waals surface area contributed by atoms with Gasteiger partial charge in [0.1, 0.15) is 18.3 Å². The number of aliphatic hydroxyl groups is 4. The van der Waals surface area contributed by atoms with E-state index in [1.54, 1.807) is 0 Å². The summed E-state index contributed by atoms with van der Waals surface area (Å²) in [5, 5.41) is 46.1. The molecule has 1 fully saturated rings. The van der Waals surface area contributed by atoms with Crippen molar-refractivity contribution >= 4 is 12.4 Å². The number of quaternary nitrogens is 1. The molecule has 0 aromatic heterocycles. The van der Waals surface area contributed by atoms with Crippen molar-refractivity contribution in [1.29, 1.82) is 0 Å². The van der Waals surface area contributed by atoms with E-state index in [4.69, 9.17) is 14.9 Å². The minimum atomic E-state index is -1.24. The van der Waals surface area contributed by atoms with Gasteiger partial charge in [-0.05, 0) is 19.3 Å². The van der Waals surface area contributed by atoms with Crippen LogP contribution in [0.5, 0.6) is 0 Å². The molecule has 1 heterocycles. The second-order valence-corrected chi connectivity index (χ2v) is 4.69. The molecule has 0 aliphatic carbocycles. The van der Waals surface area contributed by atoms with Gasteiger partial charge < -0.3 is 45.5 Å². The lowest BCUT2D eigenvalue weighted by Crippen LogP contribution is -2.77. The van der Waals surface area contributed by atoms with Crippen molar-refractivity contribution < 1.29 is 50.3 Å². The molecule has 1 aliphatic rings. The van der Waals surface area contributed by atoms with Crippen molar-refractivity contribution in [2.75, 3.05) is 13.2 Å². The number of aliphatic hydroxyl groups excluding tert-OH is 4. The maximum atomic E-state index is 9.81. The molecule has 10 heteroatoms. The molecule has 0 amide bonds. The Morgan fingerprint density at radius 2 is 1.91 bits per heavy atom. The summed E-state index contributed by atoms with van der Waals surface area (Å²) in [4.78, 5) is 19.4. The Balaban J connectivity index is 0.000000409. The zero-order valence-corrected chi connectivity index (χ0v) is 12.0. The van der Waals surface area contributed by atoms with Crippen molar-refractivity contribution in [1.82, 2.24) is 0 Å². The molecule has 1 rings (SSSR count). The third-order valence-electron chi connectivity index (χ3n) is 2.99. The molecule has 5 atom stereocenters. The lowest BCUT2D eigenvalue weighted by atomic mass is 9.98. The molecule has 1 aliphatic heterocycles. The van der Waals surface area contributed by atoms with E-state index in [0.717, 1.165) is 0 Å². The molecule has 0 radical (unpaired) electrons. The van der Waals surface area contributed by atoms with Gasteiger partial charge in [0, 0.05) is 5.97 Å². The van der Waals surface area contributed by atoms with Crippen LogP contribution in [0.25, 0.3) is 0 Å². The molecule has 7 N–H and O–H groups in total. The maximum absolute atomic E-state index is 9.81. The summed E-state index contributed by atoms with van der Waals surface area (Å²) in [6, 6.07) is -0.789. The predicted molar refractivity (Wildman–Crippen MR) is 67.5 cm³/mol. The number of carboxylic acid groups (broad SMARTS) is 1. The van der Waals surface area contributed by atoms with Gasteiger partial charge in [0.15, 0.2) is 6.04 Å². The lowest BCUT2D eigenvalue weighted by molar-refractivity contribution is -0.497. The number of carbonyl (C=O) groups excluding carboxylic acids is 2. The van der Waals surface area contributed by atoms with Crippen LogP contribution in [0.2, 0.25) is 0 Å². The highest BCUT2D eigenvalue weighted by Gasteiger charge is 2.43. The highest BCUT2D eigenvalue weighted by Crippen LogP contribution is 2.16. The number of carbonyl (C=O) groups is 2. The van der Waals surface area contributed by atoms with Crippen LogP contribution >= 0.6 is 0 Å². The molecule has 0 aromatic carbocycles. The Kier molecular flexibility index (Phi) is 10.6. The molecular weight excluding hydrogens is 302 g/mol. The average Bonchev–Trinajstić information content (AvgIpc) is 2.49.